The molecule has 0 unspecified atom stereocenters. The number of alkyl halides is 2. The molecule has 1 aliphatic rings. The highest BCUT2D eigenvalue weighted by molar-refractivity contribution is 6.32. The van der Waals surface area contributed by atoms with Crippen molar-refractivity contribution in [2.24, 2.45) is 5.41 Å². The molecule has 0 spiro atoms. The molecule has 2 rings (SSSR count). The van der Waals surface area contributed by atoms with Crippen LogP contribution in [0.5, 0.6) is 11.5 Å². The third-order valence-electron chi connectivity index (χ3n) is 3.93. The molecule has 130 valence electrons. The Labute approximate surface area is 143 Å². The summed E-state index contributed by atoms with van der Waals surface area (Å²) in [5.41, 5.74) is -0.648. The fourth-order valence-electron chi connectivity index (χ4n) is 2.69. The predicted octanol–water partition coefficient (Wildman–Crippen LogP) is 4.08. The highest BCUT2D eigenvalue weighted by Gasteiger charge is 2.43. The van der Waals surface area contributed by atoms with Gasteiger partial charge in [0.1, 0.15) is 6.61 Å². The molecule has 0 atom stereocenters. The molecule has 1 aromatic carbocycles. The van der Waals surface area contributed by atoms with E-state index in [0.29, 0.717) is 18.4 Å². The first-order chi connectivity index (χ1) is 11.4. The van der Waals surface area contributed by atoms with Gasteiger partial charge in [-0.1, -0.05) is 24.4 Å². The lowest BCUT2D eigenvalue weighted by Crippen LogP contribution is -2.28. The molecule has 0 heterocycles. The number of ether oxygens (including phenoxy) is 3. The second-order valence-corrected chi connectivity index (χ2v) is 5.87. The van der Waals surface area contributed by atoms with Crippen LogP contribution in [0.2, 0.25) is 5.02 Å². The molecule has 0 aliphatic heterocycles. The summed E-state index contributed by atoms with van der Waals surface area (Å²) in [4.78, 5) is 12.2. The molecule has 1 aliphatic carbocycles. The second-order valence-electron chi connectivity index (χ2n) is 5.46. The molecule has 1 saturated carbocycles. The Morgan fingerprint density at radius 1 is 1.42 bits per heavy atom. The Balaban J connectivity index is 2.12. The summed E-state index contributed by atoms with van der Waals surface area (Å²) in [6, 6.07) is 4.79. The van der Waals surface area contributed by atoms with Crippen LogP contribution in [0.15, 0.2) is 12.1 Å². The first-order valence-electron chi connectivity index (χ1n) is 7.31. The van der Waals surface area contributed by atoms with Crippen molar-refractivity contribution in [2.45, 2.75) is 38.9 Å². The standard InChI is InChI=1S/C16H16ClF2NO4/c1-22-12-7-10(6-11(17)13(12)24-15(18)19)8-23-14(21)16(9-20)4-2-3-5-16/h6-7,15H,2-5,8H2,1H3. The van der Waals surface area contributed by atoms with Crippen LogP contribution in [0, 0.1) is 16.7 Å². The minimum absolute atomic E-state index is 0.00436. The van der Waals surface area contributed by atoms with Crippen molar-refractivity contribution in [1.82, 2.24) is 0 Å². The van der Waals surface area contributed by atoms with Crippen LogP contribution in [0.1, 0.15) is 31.2 Å². The lowest BCUT2D eigenvalue weighted by molar-refractivity contribution is -0.153. The van der Waals surface area contributed by atoms with Gasteiger partial charge in [0.25, 0.3) is 0 Å². The number of methoxy groups -OCH3 is 1. The number of rotatable bonds is 6. The number of nitrogens with zero attached hydrogens (tertiary/aromatic N) is 1. The minimum Gasteiger partial charge on any atom is -0.493 e. The normalized spacial score (nSPS) is 15.8. The van der Waals surface area contributed by atoms with Crippen LogP contribution in [-0.2, 0) is 16.1 Å². The average Bonchev–Trinajstić information content (AvgIpc) is 3.04. The molecule has 0 N–H and O–H groups in total. The third-order valence-corrected chi connectivity index (χ3v) is 4.21. The largest absolute Gasteiger partial charge is 0.493 e. The van der Waals surface area contributed by atoms with E-state index in [9.17, 15) is 18.8 Å². The third kappa shape index (κ3) is 3.88. The molecule has 24 heavy (non-hydrogen) atoms. The molecule has 0 bridgehead atoms. The van der Waals surface area contributed by atoms with E-state index in [1.165, 1.54) is 19.2 Å². The summed E-state index contributed by atoms with van der Waals surface area (Å²) < 4.78 is 39.3. The predicted molar refractivity (Wildman–Crippen MR) is 80.9 cm³/mol. The number of esters is 1. The Bertz CT molecular complexity index is 654. The van der Waals surface area contributed by atoms with Crippen LogP contribution in [0.4, 0.5) is 8.78 Å². The van der Waals surface area contributed by atoms with Gasteiger partial charge in [-0.15, -0.1) is 0 Å². The van der Waals surface area contributed by atoms with Crippen LogP contribution < -0.4 is 9.47 Å². The lowest BCUT2D eigenvalue weighted by atomic mass is 9.88. The van der Waals surface area contributed by atoms with E-state index < -0.39 is 18.0 Å². The van der Waals surface area contributed by atoms with E-state index in [1.54, 1.807) is 0 Å². The molecule has 0 amide bonds. The number of halogens is 3. The Morgan fingerprint density at radius 2 is 2.08 bits per heavy atom. The maximum Gasteiger partial charge on any atom is 0.387 e. The van der Waals surface area contributed by atoms with Gasteiger partial charge in [0.2, 0.25) is 0 Å². The van der Waals surface area contributed by atoms with Crippen LogP contribution in [0.3, 0.4) is 0 Å². The summed E-state index contributed by atoms with van der Waals surface area (Å²) in [7, 11) is 1.28. The topological polar surface area (TPSA) is 68.5 Å². The monoisotopic (exact) mass is 359 g/mol. The van der Waals surface area contributed by atoms with Crippen LogP contribution >= 0.6 is 11.6 Å². The summed E-state index contributed by atoms with van der Waals surface area (Å²) >= 11 is 5.92. The number of hydrogen-bond donors (Lipinski definition) is 0. The van der Waals surface area contributed by atoms with E-state index in [2.05, 4.69) is 4.74 Å². The molecule has 0 saturated heterocycles. The lowest BCUT2D eigenvalue weighted by Gasteiger charge is -2.19. The van der Waals surface area contributed by atoms with Gasteiger partial charge in [-0.3, -0.25) is 4.79 Å². The van der Waals surface area contributed by atoms with Crippen LogP contribution in [0.25, 0.3) is 0 Å². The van der Waals surface area contributed by atoms with Gasteiger partial charge in [-0.25, -0.2) is 0 Å². The number of carbonyl (C=O) groups is 1. The van der Waals surface area contributed by atoms with Gasteiger partial charge in [0.05, 0.1) is 18.2 Å². The zero-order valence-corrected chi connectivity index (χ0v) is 13.7. The molecule has 1 fully saturated rings. The van der Waals surface area contributed by atoms with Gasteiger partial charge in [0, 0.05) is 0 Å². The fourth-order valence-corrected chi connectivity index (χ4v) is 2.96. The molecule has 0 radical (unpaired) electrons. The quantitative estimate of drug-likeness (QED) is 0.716. The molecular formula is C16H16ClF2NO4. The number of carbonyl (C=O) groups excluding carboxylic acids is 1. The Morgan fingerprint density at radius 3 is 2.62 bits per heavy atom. The van der Waals surface area contributed by atoms with E-state index in [1.807, 2.05) is 6.07 Å². The van der Waals surface area contributed by atoms with Gasteiger partial charge in [-0.2, -0.15) is 14.0 Å². The average molecular weight is 360 g/mol. The Hall–Kier alpha value is -2.07. The number of nitriles is 1. The smallest absolute Gasteiger partial charge is 0.387 e. The molecule has 1 aromatic rings. The van der Waals surface area contributed by atoms with Crippen molar-refractivity contribution in [1.29, 1.82) is 5.26 Å². The minimum atomic E-state index is -3.04. The number of hydrogen-bond acceptors (Lipinski definition) is 5. The van der Waals surface area contributed by atoms with Crippen molar-refractivity contribution < 1.29 is 27.8 Å². The summed E-state index contributed by atoms with van der Waals surface area (Å²) in [5.74, 6) is -0.858. The Kier molecular flexibility index (Phi) is 5.84. The first kappa shape index (κ1) is 18.3. The fraction of sp³-hybridized carbons (Fsp3) is 0.500. The molecule has 8 heteroatoms. The molecule has 0 aromatic heterocycles. The van der Waals surface area contributed by atoms with Crippen LogP contribution in [-0.4, -0.2) is 19.7 Å². The first-order valence-corrected chi connectivity index (χ1v) is 7.69. The summed E-state index contributed by atoms with van der Waals surface area (Å²) in [5, 5.41) is 9.16. The van der Waals surface area contributed by atoms with E-state index >= 15 is 0 Å². The molecule has 5 nitrogen and oxygen atoms in total. The maximum absolute atomic E-state index is 12.4. The highest BCUT2D eigenvalue weighted by Crippen LogP contribution is 2.40. The number of benzene rings is 1. The summed E-state index contributed by atoms with van der Waals surface area (Å²) in [6.45, 7) is -3.19. The van der Waals surface area contributed by atoms with Gasteiger partial charge < -0.3 is 14.2 Å². The van der Waals surface area contributed by atoms with E-state index in [-0.39, 0.29) is 23.1 Å². The van der Waals surface area contributed by atoms with E-state index in [0.717, 1.165) is 12.8 Å². The van der Waals surface area contributed by atoms with Crippen molar-refractivity contribution >= 4 is 17.6 Å². The van der Waals surface area contributed by atoms with Crippen molar-refractivity contribution in [3.63, 3.8) is 0 Å². The van der Waals surface area contributed by atoms with Gasteiger partial charge in [0.15, 0.2) is 16.9 Å². The van der Waals surface area contributed by atoms with Crippen molar-refractivity contribution in [3.05, 3.63) is 22.7 Å². The molecular weight excluding hydrogens is 344 g/mol. The second kappa shape index (κ2) is 7.67. The zero-order valence-electron chi connectivity index (χ0n) is 13.0. The van der Waals surface area contributed by atoms with Crippen molar-refractivity contribution in [3.8, 4) is 17.6 Å². The van der Waals surface area contributed by atoms with E-state index in [4.69, 9.17) is 21.1 Å². The summed E-state index contributed by atoms with van der Waals surface area (Å²) in [6.07, 6.45) is 2.57. The van der Waals surface area contributed by atoms with Gasteiger partial charge in [-0.05, 0) is 30.5 Å². The highest BCUT2D eigenvalue weighted by atomic mass is 35.5. The van der Waals surface area contributed by atoms with Gasteiger partial charge >= 0.3 is 12.6 Å². The SMILES string of the molecule is COc1cc(COC(=O)C2(C#N)CCCC2)cc(Cl)c1OC(F)F. The zero-order chi connectivity index (χ0) is 17.7. The maximum atomic E-state index is 12.4. The van der Waals surface area contributed by atoms with Crippen molar-refractivity contribution in [2.75, 3.05) is 7.11 Å².